The molecule has 0 aromatic heterocycles. The first-order valence-electron chi connectivity index (χ1n) is 6.93. The number of esters is 2. The maximum atomic E-state index is 11.0. The van der Waals surface area contributed by atoms with Crippen molar-refractivity contribution in [1.29, 1.82) is 0 Å². The zero-order chi connectivity index (χ0) is 15.1. The molecule has 0 unspecified atom stereocenters. The van der Waals surface area contributed by atoms with Crippen molar-refractivity contribution in [3.63, 3.8) is 0 Å². The van der Waals surface area contributed by atoms with Crippen LogP contribution in [0.1, 0.15) is 75.0 Å². The molecule has 0 aliphatic heterocycles. The minimum Gasteiger partial charge on any atom is -1.00 e. The molecular formula is C14H28Na2O5. The second kappa shape index (κ2) is 22.9. The third kappa shape index (κ3) is 29.3. The summed E-state index contributed by atoms with van der Waals surface area (Å²) in [7, 11) is 0. The molecule has 0 bridgehead atoms. The fourth-order valence-corrected chi connectivity index (χ4v) is 1.12. The Morgan fingerprint density at radius 2 is 1.33 bits per heavy atom. The zero-order valence-electron chi connectivity index (χ0n) is 16.2. The molecule has 5 nitrogen and oxygen atoms in total. The molecule has 0 aromatic carbocycles. The molecule has 0 aromatic rings. The predicted molar refractivity (Wildman–Crippen MR) is 74.9 cm³/mol. The molecule has 0 aliphatic carbocycles. The number of carbonyl (C=O) groups excluding carboxylic acids is 2. The first-order chi connectivity index (χ1) is 8.97. The van der Waals surface area contributed by atoms with Crippen LogP contribution in [0.4, 0.5) is 0 Å². The molecule has 0 fully saturated rings. The van der Waals surface area contributed by atoms with Gasteiger partial charge in [-0.15, -0.1) is 0 Å². The van der Waals surface area contributed by atoms with Gasteiger partial charge in [-0.25, -0.2) is 0 Å². The molecule has 0 saturated heterocycles. The molecule has 1 N–H and O–H groups in total. The number of unbranched alkanes of at least 4 members (excludes halogenated alkanes) is 4. The van der Waals surface area contributed by atoms with Crippen LogP contribution in [-0.2, 0) is 19.1 Å². The Labute approximate surface area is 175 Å². The van der Waals surface area contributed by atoms with Gasteiger partial charge in [0.2, 0.25) is 0 Å². The van der Waals surface area contributed by atoms with Crippen LogP contribution in [0.25, 0.3) is 0 Å². The zero-order valence-corrected chi connectivity index (χ0v) is 18.2. The smallest absolute Gasteiger partial charge is 1.00 e. The van der Waals surface area contributed by atoms with E-state index in [1.807, 2.05) is 0 Å². The average Bonchev–Trinajstić information content (AvgIpc) is 2.39. The van der Waals surface area contributed by atoms with Crippen LogP contribution in [0.2, 0.25) is 0 Å². The predicted octanol–water partition coefficient (Wildman–Crippen LogP) is -2.46. The van der Waals surface area contributed by atoms with E-state index in [2.05, 4.69) is 11.7 Å². The van der Waals surface area contributed by atoms with Gasteiger partial charge < -0.3 is 12.7 Å². The number of carbonyl (C=O) groups is 3. The number of hydrogen-bond donors (Lipinski definition) is 1. The van der Waals surface area contributed by atoms with E-state index in [-0.39, 0.29) is 80.8 Å². The SMILES string of the molecule is CCC(=O)O.CCCCCCCC(=O)OC(=O)CC.[H-].[H-].[Na+].[Na+]. The fraction of sp³-hybridized carbons (Fsp3) is 0.786. The van der Waals surface area contributed by atoms with Crippen LogP contribution in [0.15, 0.2) is 0 Å². The van der Waals surface area contributed by atoms with Crippen molar-refractivity contribution in [3.8, 4) is 0 Å². The molecule has 0 spiro atoms. The number of ether oxygens (including phenoxy) is 1. The van der Waals surface area contributed by atoms with Gasteiger partial charge in [0.25, 0.3) is 0 Å². The van der Waals surface area contributed by atoms with E-state index in [1.54, 1.807) is 13.8 Å². The topological polar surface area (TPSA) is 80.7 Å². The number of hydrogen-bond acceptors (Lipinski definition) is 4. The van der Waals surface area contributed by atoms with E-state index in [1.165, 1.54) is 12.8 Å². The van der Waals surface area contributed by atoms with Gasteiger partial charge in [-0.1, -0.05) is 46.5 Å². The summed E-state index contributed by atoms with van der Waals surface area (Å²) < 4.78 is 4.53. The first-order valence-corrected chi connectivity index (χ1v) is 6.93. The van der Waals surface area contributed by atoms with E-state index >= 15 is 0 Å². The van der Waals surface area contributed by atoms with Crippen LogP contribution >= 0.6 is 0 Å². The summed E-state index contributed by atoms with van der Waals surface area (Å²) >= 11 is 0. The Morgan fingerprint density at radius 1 is 0.857 bits per heavy atom. The summed E-state index contributed by atoms with van der Waals surface area (Å²) in [5.74, 6) is -1.55. The van der Waals surface area contributed by atoms with Crippen LogP contribution in [-0.4, -0.2) is 23.0 Å². The van der Waals surface area contributed by atoms with Gasteiger partial charge in [0.1, 0.15) is 0 Å². The normalized spacial score (nSPS) is 8.33. The van der Waals surface area contributed by atoms with Gasteiger partial charge in [0.15, 0.2) is 0 Å². The Balaban J connectivity index is -0.0000000708. The van der Waals surface area contributed by atoms with Crippen molar-refractivity contribution in [1.82, 2.24) is 0 Å². The van der Waals surface area contributed by atoms with Crippen molar-refractivity contribution in [2.24, 2.45) is 0 Å². The molecule has 0 heterocycles. The molecule has 0 radical (unpaired) electrons. The Kier molecular flexibility index (Phi) is 32.3. The van der Waals surface area contributed by atoms with Crippen molar-refractivity contribution in [2.75, 3.05) is 0 Å². The fourth-order valence-electron chi connectivity index (χ4n) is 1.12. The minimum atomic E-state index is -0.745. The van der Waals surface area contributed by atoms with Crippen LogP contribution in [0, 0.1) is 0 Å². The molecule has 7 heteroatoms. The first kappa shape index (κ1) is 29.6. The molecule has 116 valence electrons. The number of aliphatic carboxylic acids is 1. The second-order valence-corrected chi connectivity index (χ2v) is 4.11. The van der Waals surface area contributed by atoms with E-state index in [9.17, 15) is 14.4 Å². The molecular weight excluding hydrogens is 294 g/mol. The standard InChI is InChI=1S/C11H20O3.C3H6O2.2Na.2H/c1-3-5-6-7-8-9-11(13)14-10(12)4-2;1-2-3(4)5;;;;/h3-9H2,1-2H3;2H2,1H3,(H,4,5);;;;/q;;2*+1;2*-1. The molecule has 0 rings (SSSR count). The number of carboxylic acid groups (broad SMARTS) is 1. The van der Waals surface area contributed by atoms with Crippen molar-refractivity contribution < 1.29 is 86.2 Å². The van der Waals surface area contributed by atoms with E-state index in [0.717, 1.165) is 19.3 Å². The van der Waals surface area contributed by atoms with E-state index < -0.39 is 11.9 Å². The minimum absolute atomic E-state index is 0. The Hall–Kier alpha value is 0.610. The van der Waals surface area contributed by atoms with Crippen LogP contribution in [0.3, 0.4) is 0 Å². The van der Waals surface area contributed by atoms with Gasteiger partial charge in [-0.2, -0.15) is 0 Å². The number of carboxylic acids is 1. The third-order valence-electron chi connectivity index (χ3n) is 2.30. The summed E-state index contributed by atoms with van der Waals surface area (Å²) in [5.41, 5.74) is 0. The summed E-state index contributed by atoms with van der Waals surface area (Å²) in [6.07, 6.45) is 6.29. The monoisotopic (exact) mass is 322 g/mol. The average molecular weight is 322 g/mol. The van der Waals surface area contributed by atoms with Crippen LogP contribution < -0.4 is 59.1 Å². The largest absolute Gasteiger partial charge is 1.00 e. The Morgan fingerprint density at radius 3 is 1.71 bits per heavy atom. The van der Waals surface area contributed by atoms with Gasteiger partial charge in [0, 0.05) is 19.3 Å². The molecule has 0 aliphatic rings. The third-order valence-corrected chi connectivity index (χ3v) is 2.30. The summed E-state index contributed by atoms with van der Waals surface area (Å²) in [4.78, 5) is 31.1. The van der Waals surface area contributed by atoms with E-state index in [4.69, 9.17) is 5.11 Å². The van der Waals surface area contributed by atoms with Gasteiger partial charge in [0.05, 0.1) is 0 Å². The maximum Gasteiger partial charge on any atom is 1.00 e. The Bertz CT molecular complexity index is 280. The molecule has 0 saturated carbocycles. The van der Waals surface area contributed by atoms with Crippen molar-refractivity contribution >= 4 is 17.9 Å². The molecule has 0 atom stereocenters. The van der Waals surface area contributed by atoms with Gasteiger partial charge in [-0.05, 0) is 6.42 Å². The van der Waals surface area contributed by atoms with E-state index in [0.29, 0.717) is 6.42 Å². The summed E-state index contributed by atoms with van der Waals surface area (Å²) in [6, 6.07) is 0. The van der Waals surface area contributed by atoms with Gasteiger partial charge in [-0.3, -0.25) is 14.4 Å². The quantitative estimate of drug-likeness (QED) is 0.232. The molecule has 21 heavy (non-hydrogen) atoms. The van der Waals surface area contributed by atoms with Crippen molar-refractivity contribution in [2.45, 2.75) is 72.1 Å². The maximum absolute atomic E-state index is 11.0. The van der Waals surface area contributed by atoms with Crippen molar-refractivity contribution in [3.05, 3.63) is 0 Å². The summed E-state index contributed by atoms with van der Waals surface area (Å²) in [5, 5.41) is 7.72. The van der Waals surface area contributed by atoms with Crippen LogP contribution in [0.5, 0.6) is 0 Å². The molecule has 0 amide bonds. The number of rotatable bonds is 8. The van der Waals surface area contributed by atoms with Gasteiger partial charge >= 0.3 is 77.0 Å². The summed E-state index contributed by atoms with van der Waals surface area (Å²) in [6.45, 7) is 5.42. The second-order valence-electron chi connectivity index (χ2n) is 4.11.